The Morgan fingerprint density at radius 3 is 2.27 bits per heavy atom. The minimum Gasteiger partial charge on any atom is -0.491 e. The minimum atomic E-state index is -0.107. The monoisotopic (exact) mass is 562 g/mol. The van der Waals surface area contributed by atoms with E-state index in [0.29, 0.717) is 59.2 Å². The van der Waals surface area contributed by atoms with Gasteiger partial charge in [0, 0.05) is 36.1 Å². The molecule has 0 saturated heterocycles. The zero-order valence-corrected chi connectivity index (χ0v) is 23.9. The average Bonchev–Trinajstić information content (AvgIpc) is 3.31. The number of aromatic nitrogens is 1. The number of fused-ring (bicyclic) bond motifs is 1. The summed E-state index contributed by atoms with van der Waals surface area (Å²) in [5.41, 5.74) is 6.88. The molecule has 3 aromatic rings. The molecule has 0 fully saturated rings. The van der Waals surface area contributed by atoms with Crippen molar-refractivity contribution in [2.24, 2.45) is 0 Å². The first kappa shape index (κ1) is 30.0. The first-order valence-corrected chi connectivity index (χ1v) is 13.8. The van der Waals surface area contributed by atoms with Crippen LogP contribution in [0.4, 0.5) is 17.2 Å². The molecule has 0 bridgehead atoms. The third-order valence-corrected chi connectivity index (χ3v) is 6.38. The van der Waals surface area contributed by atoms with Gasteiger partial charge in [0.25, 0.3) is 0 Å². The Morgan fingerprint density at radius 2 is 1.59 bits per heavy atom. The number of amides is 2. The van der Waals surface area contributed by atoms with Gasteiger partial charge in [-0.15, -0.1) is 0 Å². The number of nitrogens with one attached hydrogen (secondary N) is 3. The molecular formula is C31H38N4O6. The van der Waals surface area contributed by atoms with Crippen LogP contribution in [0.2, 0.25) is 0 Å². The van der Waals surface area contributed by atoms with Crippen LogP contribution in [0.3, 0.4) is 0 Å². The van der Waals surface area contributed by atoms with E-state index >= 15 is 0 Å². The van der Waals surface area contributed by atoms with E-state index in [9.17, 15) is 9.59 Å². The normalized spacial score (nSPS) is 12.1. The molecule has 0 radical (unpaired) electrons. The largest absolute Gasteiger partial charge is 0.491 e. The molecule has 1 aliphatic rings. The van der Waals surface area contributed by atoms with E-state index in [2.05, 4.69) is 28.9 Å². The fourth-order valence-corrected chi connectivity index (χ4v) is 4.59. The second kappa shape index (κ2) is 15.1. The van der Waals surface area contributed by atoms with Gasteiger partial charge >= 0.3 is 0 Å². The van der Waals surface area contributed by atoms with Gasteiger partial charge in [0.15, 0.2) is 0 Å². The average molecular weight is 563 g/mol. The molecule has 10 nitrogen and oxygen atoms in total. The van der Waals surface area contributed by atoms with Gasteiger partial charge in [-0.05, 0) is 73.0 Å². The molecule has 0 saturated carbocycles. The van der Waals surface area contributed by atoms with Crippen LogP contribution in [0.15, 0.2) is 48.5 Å². The lowest BCUT2D eigenvalue weighted by molar-refractivity contribution is -0.115. The van der Waals surface area contributed by atoms with Crippen molar-refractivity contribution in [1.29, 1.82) is 0 Å². The topological polar surface area (TPSA) is 120 Å². The summed E-state index contributed by atoms with van der Waals surface area (Å²) >= 11 is 0. The Morgan fingerprint density at radius 1 is 0.902 bits per heavy atom. The number of aryl methyl sites for hydroxylation is 2. The summed E-state index contributed by atoms with van der Waals surface area (Å²) in [5, 5.41) is 8.92. The number of pyridine rings is 1. The predicted octanol–water partition coefficient (Wildman–Crippen LogP) is 4.36. The third-order valence-electron chi connectivity index (χ3n) is 6.38. The molecule has 3 N–H and O–H groups in total. The quantitative estimate of drug-likeness (QED) is 0.220. The van der Waals surface area contributed by atoms with Crippen molar-refractivity contribution in [2.45, 2.75) is 27.2 Å². The van der Waals surface area contributed by atoms with Crippen LogP contribution in [0.25, 0.3) is 11.1 Å². The van der Waals surface area contributed by atoms with Gasteiger partial charge in [-0.1, -0.05) is 6.07 Å². The van der Waals surface area contributed by atoms with Crippen LogP contribution >= 0.6 is 0 Å². The van der Waals surface area contributed by atoms with E-state index in [0.717, 1.165) is 50.9 Å². The summed E-state index contributed by atoms with van der Waals surface area (Å²) in [6.07, 6.45) is 0.420. The second-order valence-corrected chi connectivity index (χ2v) is 9.70. The van der Waals surface area contributed by atoms with Gasteiger partial charge in [0.1, 0.15) is 18.2 Å². The number of ether oxygens (including phenoxy) is 4. The molecule has 0 spiro atoms. The number of nitrogens with zero attached hydrogens (tertiary/aromatic N) is 1. The molecule has 4 rings (SSSR count). The lowest BCUT2D eigenvalue weighted by Crippen LogP contribution is -2.15. The van der Waals surface area contributed by atoms with E-state index in [4.69, 9.17) is 23.9 Å². The Bertz CT molecular complexity index is 1310. The maximum atomic E-state index is 11.7. The van der Waals surface area contributed by atoms with E-state index < -0.39 is 0 Å². The summed E-state index contributed by atoms with van der Waals surface area (Å²) in [7, 11) is 0. The van der Waals surface area contributed by atoms with Crippen molar-refractivity contribution in [3.8, 4) is 16.9 Å². The van der Waals surface area contributed by atoms with Gasteiger partial charge in [-0.2, -0.15) is 0 Å². The molecule has 1 aliphatic heterocycles. The SMILES string of the molecule is CC(=O)Nc1ccc(OCCOCCOCCOCCNc2cc(C)c(-c3ccc4c(c3)CC(=O)N4)c(C)n2)cc1. The highest BCUT2D eigenvalue weighted by atomic mass is 16.6. The fourth-order valence-electron chi connectivity index (χ4n) is 4.59. The van der Waals surface area contributed by atoms with E-state index in [1.165, 1.54) is 6.92 Å². The van der Waals surface area contributed by atoms with Crippen molar-refractivity contribution in [1.82, 2.24) is 4.98 Å². The Balaban J connectivity index is 1.03. The highest BCUT2D eigenvalue weighted by molar-refractivity contribution is 5.99. The highest BCUT2D eigenvalue weighted by Gasteiger charge is 2.19. The van der Waals surface area contributed by atoms with E-state index in [1.54, 1.807) is 24.3 Å². The third kappa shape index (κ3) is 9.28. The lowest BCUT2D eigenvalue weighted by atomic mass is 9.97. The summed E-state index contributed by atoms with van der Waals surface area (Å²) in [5.74, 6) is 1.46. The zero-order valence-electron chi connectivity index (χ0n) is 23.9. The van der Waals surface area contributed by atoms with Gasteiger partial charge in [0.2, 0.25) is 11.8 Å². The summed E-state index contributed by atoms with van der Waals surface area (Å²) in [6, 6.07) is 15.3. The van der Waals surface area contributed by atoms with Crippen molar-refractivity contribution < 1.29 is 28.5 Å². The van der Waals surface area contributed by atoms with Crippen molar-refractivity contribution in [3.05, 3.63) is 65.4 Å². The molecule has 10 heteroatoms. The summed E-state index contributed by atoms with van der Waals surface area (Å²) in [4.78, 5) is 27.5. The summed E-state index contributed by atoms with van der Waals surface area (Å²) in [6.45, 7) is 9.57. The van der Waals surface area contributed by atoms with Crippen LogP contribution < -0.4 is 20.7 Å². The van der Waals surface area contributed by atoms with Crippen molar-refractivity contribution in [3.63, 3.8) is 0 Å². The van der Waals surface area contributed by atoms with Crippen LogP contribution in [0.5, 0.6) is 5.75 Å². The molecule has 0 unspecified atom stereocenters. The molecule has 218 valence electrons. The van der Waals surface area contributed by atoms with Crippen molar-refractivity contribution >= 4 is 29.0 Å². The highest BCUT2D eigenvalue weighted by Crippen LogP contribution is 2.33. The standard InChI is InChI=1S/C31H38N4O6/c1-21-18-29(33-22(2)31(21)24-4-9-28-25(19-24)20-30(37)35-28)32-10-11-38-12-13-39-14-15-40-16-17-41-27-7-5-26(6-8-27)34-23(3)36/h4-9,18-19H,10-17,20H2,1-3H3,(H,32,33)(H,34,36)(H,35,37). The molecule has 2 aromatic carbocycles. The first-order valence-electron chi connectivity index (χ1n) is 13.8. The van der Waals surface area contributed by atoms with Crippen LogP contribution in [-0.4, -0.2) is 69.6 Å². The van der Waals surface area contributed by atoms with Crippen LogP contribution in [-0.2, 0) is 30.2 Å². The van der Waals surface area contributed by atoms with Crippen LogP contribution in [0.1, 0.15) is 23.7 Å². The zero-order chi connectivity index (χ0) is 29.0. The Labute approximate surface area is 240 Å². The smallest absolute Gasteiger partial charge is 0.228 e. The van der Waals surface area contributed by atoms with Crippen LogP contribution in [0, 0.1) is 13.8 Å². The second-order valence-electron chi connectivity index (χ2n) is 9.70. The molecule has 0 atom stereocenters. The minimum absolute atomic E-state index is 0.0359. The van der Waals surface area contributed by atoms with Gasteiger partial charge < -0.3 is 34.9 Å². The predicted molar refractivity (Wildman–Crippen MR) is 159 cm³/mol. The maximum absolute atomic E-state index is 11.7. The Hall–Kier alpha value is -3.99. The Kier molecular flexibility index (Phi) is 11.1. The molecule has 0 aliphatic carbocycles. The van der Waals surface area contributed by atoms with E-state index in [-0.39, 0.29) is 11.8 Å². The maximum Gasteiger partial charge on any atom is 0.228 e. The number of hydrogen-bond donors (Lipinski definition) is 3. The summed E-state index contributed by atoms with van der Waals surface area (Å²) < 4.78 is 22.3. The number of benzene rings is 2. The number of carbonyl (C=O) groups is 2. The molecular weight excluding hydrogens is 524 g/mol. The lowest BCUT2D eigenvalue weighted by Gasteiger charge is -2.14. The number of hydrogen-bond acceptors (Lipinski definition) is 8. The number of rotatable bonds is 16. The van der Waals surface area contributed by atoms with Gasteiger partial charge in [0.05, 0.1) is 46.1 Å². The number of anilines is 3. The fraction of sp³-hybridized carbons (Fsp3) is 0.387. The number of carbonyl (C=O) groups excluding carboxylic acids is 2. The first-order chi connectivity index (χ1) is 19.9. The molecule has 2 amide bonds. The molecule has 1 aromatic heterocycles. The molecule has 2 heterocycles. The van der Waals surface area contributed by atoms with Gasteiger partial charge in [-0.25, -0.2) is 4.98 Å². The van der Waals surface area contributed by atoms with Gasteiger partial charge in [-0.3, -0.25) is 9.59 Å². The van der Waals surface area contributed by atoms with Crippen molar-refractivity contribution in [2.75, 3.05) is 68.7 Å². The molecule has 41 heavy (non-hydrogen) atoms. The van der Waals surface area contributed by atoms with E-state index in [1.807, 2.05) is 25.1 Å².